The summed E-state index contributed by atoms with van der Waals surface area (Å²) >= 11 is 0. The Kier molecular flexibility index (Phi) is 4.16. The Morgan fingerprint density at radius 3 is 2.54 bits per heavy atom. The van der Waals surface area contributed by atoms with Crippen molar-refractivity contribution in [3.63, 3.8) is 0 Å². The third kappa shape index (κ3) is 3.18. The lowest BCUT2D eigenvalue weighted by Gasteiger charge is -2.30. The van der Waals surface area contributed by atoms with Crippen molar-refractivity contribution in [1.82, 2.24) is 9.55 Å². The first kappa shape index (κ1) is 16.3. The number of carbonyl (C=O) groups excluding carboxylic acids is 1. The van der Waals surface area contributed by atoms with Crippen molar-refractivity contribution in [3.8, 4) is 0 Å². The van der Waals surface area contributed by atoms with Crippen LogP contribution in [0.15, 0.2) is 54.9 Å². The first-order valence-electron chi connectivity index (χ1n) is 8.62. The van der Waals surface area contributed by atoms with Crippen LogP contribution >= 0.6 is 0 Å². The highest BCUT2D eigenvalue weighted by molar-refractivity contribution is 5.94. The minimum atomic E-state index is -0.814. The molecule has 6 nitrogen and oxygen atoms in total. The van der Waals surface area contributed by atoms with E-state index >= 15 is 0 Å². The van der Waals surface area contributed by atoms with Gasteiger partial charge in [0.25, 0.3) is 0 Å². The number of para-hydroxylation sites is 2. The lowest BCUT2D eigenvalue weighted by molar-refractivity contribution is -0.147. The fraction of sp³-hybridized carbons (Fsp3) is 0.250. The van der Waals surface area contributed by atoms with Crippen LogP contribution in [-0.2, 0) is 16.1 Å². The average Bonchev–Trinajstić information content (AvgIpc) is 2.98. The smallest absolute Gasteiger partial charge is 0.306 e. The molecule has 1 amide bonds. The summed E-state index contributed by atoms with van der Waals surface area (Å²) in [5.74, 6) is -1.49. The SMILES string of the molecule is O=C(O)C1CC(C(=O)Nc2ccc(Cn3cnc4ccccc43)cc2)C1. The van der Waals surface area contributed by atoms with Crippen molar-refractivity contribution in [1.29, 1.82) is 0 Å². The van der Waals surface area contributed by atoms with Crippen LogP contribution in [0.4, 0.5) is 5.69 Å². The van der Waals surface area contributed by atoms with Crippen molar-refractivity contribution in [2.75, 3.05) is 5.32 Å². The predicted octanol–water partition coefficient (Wildman–Crippen LogP) is 3.13. The summed E-state index contributed by atoms with van der Waals surface area (Å²) in [6, 6.07) is 15.7. The molecule has 0 radical (unpaired) electrons. The number of nitrogens with zero attached hydrogens (tertiary/aromatic N) is 2. The van der Waals surface area contributed by atoms with Gasteiger partial charge in [-0.05, 0) is 42.7 Å². The molecule has 0 bridgehead atoms. The zero-order valence-corrected chi connectivity index (χ0v) is 14.1. The van der Waals surface area contributed by atoms with Crippen LogP contribution in [0, 0.1) is 11.8 Å². The maximum atomic E-state index is 12.1. The second-order valence-corrected chi connectivity index (χ2v) is 6.75. The number of nitrogens with one attached hydrogen (secondary N) is 1. The summed E-state index contributed by atoms with van der Waals surface area (Å²) in [4.78, 5) is 27.3. The summed E-state index contributed by atoms with van der Waals surface area (Å²) in [6.45, 7) is 0.706. The van der Waals surface area contributed by atoms with Gasteiger partial charge in [-0.25, -0.2) is 4.98 Å². The minimum Gasteiger partial charge on any atom is -0.481 e. The zero-order valence-electron chi connectivity index (χ0n) is 14.1. The van der Waals surface area contributed by atoms with E-state index in [1.807, 2.05) is 54.9 Å². The number of carbonyl (C=O) groups is 2. The van der Waals surface area contributed by atoms with Crippen molar-refractivity contribution in [2.24, 2.45) is 11.8 Å². The van der Waals surface area contributed by atoms with Gasteiger partial charge in [-0.2, -0.15) is 0 Å². The molecular formula is C20H19N3O3. The number of rotatable bonds is 5. The largest absolute Gasteiger partial charge is 0.481 e. The van der Waals surface area contributed by atoms with Gasteiger partial charge in [-0.1, -0.05) is 24.3 Å². The molecule has 0 unspecified atom stereocenters. The molecule has 2 N–H and O–H groups in total. The van der Waals surface area contributed by atoms with Gasteiger partial charge in [-0.3, -0.25) is 9.59 Å². The first-order chi connectivity index (χ1) is 12.6. The minimum absolute atomic E-state index is 0.101. The molecule has 0 saturated heterocycles. The molecule has 0 atom stereocenters. The third-order valence-electron chi connectivity index (χ3n) is 4.96. The topological polar surface area (TPSA) is 84.2 Å². The van der Waals surface area contributed by atoms with Crippen LogP contribution < -0.4 is 5.32 Å². The van der Waals surface area contributed by atoms with E-state index in [1.54, 1.807) is 0 Å². The molecule has 2 aromatic carbocycles. The average molecular weight is 349 g/mol. The summed E-state index contributed by atoms with van der Waals surface area (Å²) in [6.07, 6.45) is 2.68. The maximum absolute atomic E-state index is 12.1. The third-order valence-corrected chi connectivity index (χ3v) is 4.96. The molecule has 3 aromatic rings. The Labute approximate surface area is 150 Å². The molecule has 1 fully saturated rings. The molecule has 1 aliphatic rings. The van der Waals surface area contributed by atoms with E-state index in [0.29, 0.717) is 19.4 Å². The fourth-order valence-electron chi connectivity index (χ4n) is 3.30. The number of hydrogen-bond acceptors (Lipinski definition) is 3. The number of benzene rings is 2. The van der Waals surface area contributed by atoms with E-state index < -0.39 is 5.97 Å². The summed E-state index contributed by atoms with van der Waals surface area (Å²) in [5.41, 5.74) is 3.90. The second-order valence-electron chi connectivity index (χ2n) is 6.75. The van der Waals surface area contributed by atoms with Gasteiger partial charge in [0.1, 0.15) is 0 Å². The second kappa shape index (κ2) is 6.63. The monoisotopic (exact) mass is 349 g/mol. The molecule has 26 heavy (non-hydrogen) atoms. The molecule has 6 heteroatoms. The quantitative estimate of drug-likeness (QED) is 0.741. The Balaban J connectivity index is 1.38. The molecule has 1 aromatic heterocycles. The van der Waals surface area contributed by atoms with E-state index in [4.69, 9.17) is 5.11 Å². The number of hydrogen-bond donors (Lipinski definition) is 2. The van der Waals surface area contributed by atoms with Gasteiger partial charge in [0.15, 0.2) is 0 Å². The van der Waals surface area contributed by atoms with E-state index in [0.717, 1.165) is 22.3 Å². The summed E-state index contributed by atoms with van der Waals surface area (Å²) < 4.78 is 2.09. The lowest BCUT2D eigenvalue weighted by Crippen LogP contribution is -2.38. The maximum Gasteiger partial charge on any atom is 0.306 e. The van der Waals surface area contributed by atoms with Gasteiger partial charge in [0.05, 0.1) is 23.3 Å². The molecule has 4 rings (SSSR count). The van der Waals surface area contributed by atoms with Crippen LogP contribution in [0.1, 0.15) is 18.4 Å². The number of aromatic nitrogens is 2. The molecule has 1 saturated carbocycles. The van der Waals surface area contributed by atoms with Crippen molar-refractivity contribution >= 4 is 28.6 Å². The number of anilines is 1. The summed E-state index contributed by atoms with van der Waals surface area (Å²) in [7, 11) is 0. The molecule has 0 aliphatic heterocycles. The molecule has 132 valence electrons. The molecular weight excluding hydrogens is 330 g/mol. The van der Waals surface area contributed by atoms with Crippen molar-refractivity contribution in [2.45, 2.75) is 19.4 Å². The van der Waals surface area contributed by atoms with Gasteiger partial charge in [0, 0.05) is 18.2 Å². The highest BCUT2D eigenvalue weighted by Crippen LogP contribution is 2.34. The number of imidazole rings is 1. The van der Waals surface area contributed by atoms with Crippen LogP contribution in [0.3, 0.4) is 0 Å². The number of aliphatic carboxylic acids is 1. The number of carboxylic acid groups (broad SMARTS) is 1. The number of fused-ring (bicyclic) bond motifs is 1. The van der Waals surface area contributed by atoms with E-state index in [2.05, 4.69) is 14.9 Å². The lowest BCUT2D eigenvalue weighted by atomic mass is 9.74. The number of amides is 1. The van der Waals surface area contributed by atoms with Crippen LogP contribution in [-0.4, -0.2) is 26.5 Å². The van der Waals surface area contributed by atoms with Gasteiger partial charge < -0.3 is 15.0 Å². The van der Waals surface area contributed by atoms with Gasteiger partial charge in [-0.15, -0.1) is 0 Å². The Morgan fingerprint density at radius 2 is 1.81 bits per heavy atom. The highest BCUT2D eigenvalue weighted by atomic mass is 16.4. The highest BCUT2D eigenvalue weighted by Gasteiger charge is 2.38. The van der Waals surface area contributed by atoms with Crippen LogP contribution in [0.2, 0.25) is 0 Å². The van der Waals surface area contributed by atoms with Crippen LogP contribution in [0.5, 0.6) is 0 Å². The molecule has 0 spiro atoms. The van der Waals surface area contributed by atoms with Crippen molar-refractivity contribution < 1.29 is 14.7 Å². The fourth-order valence-corrected chi connectivity index (χ4v) is 3.30. The van der Waals surface area contributed by atoms with Gasteiger partial charge >= 0.3 is 5.97 Å². The normalized spacial score (nSPS) is 19.1. The van der Waals surface area contributed by atoms with E-state index in [1.165, 1.54) is 0 Å². The Hall–Kier alpha value is -3.15. The summed E-state index contributed by atoms with van der Waals surface area (Å²) in [5, 5.41) is 11.8. The first-order valence-corrected chi connectivity index (χ1v) is 8.62. The Bertz CT molecular complexity index is 956. The van der Waals surface area contributed by atoms with E-state index in [-0.39, 0.29) is 17.7 Å². The van der Waals surface area contributed by atoms with Crippen molar-refractivity contribution in [3.05, 3.63) is 60.4 Å². The van der Waals surface area contributed by atoms with Gasteiger partial charge in [0.2, 0.25) is 5.91 Å². The zero-order chi connectivity index (χ0) is 18.1. The standard InChI is InChI=1S/C20H19N3O3/c24-19(14-9-15(10-14)20(25)26)22-16-7-5-13(6-8-16)11-23-12-21-17-3-1-2-4-18(17)23/h1-8,12,14-15H,9-11H2,(H,22,24)(H,25,26). The predicted molar refractivity (Wildman–Crippen MR) is 97.8 cm³/mol. The van der Waals surface area contributed by atoms with E-state index in [9.17, 15) is 9.59 Å². The Morgan fingerprint density at radius 1 is 1.08 bits per heavy atom. The molecule has 1 heterocycles. The van der Waals surface area contributed by atoms with Crippen LogP contribution in [0.25, 0.3) is 11.0 Å². The molecule has 1 aliphatic carbocycles. The number of carboxylic acids is 1.